The number of benzene rings is 4. The quantitative estimate of drug-likeness (QED) is 0.273. The predicted molar refractivity (Wildman–Crippen MR) is 135 cm³/mol. The van der Waals surface area contributed by atoms with Crippen molar-refractivity contribution in [2.45, 2.75) is 5.41 Å². The van der Waals surface area contributed by atoms with Crippen molar-refractivity contribution in [3.63, 3.8) is 0 Å². The molecule has 1 aliphatic heterocycles. The summed E-state index contributed by atoms with van der Waals surface area (Å²) in [7, 11) is -0.675. The van der Waals surface area contributed by atoms with Crippen molar-refractivity contribution in [1.29, 1.82) is 0 Å². The number of fused-ring (bicyclic) bond motifs is 5. The summed E-state index contributed by atoms with van der Waals surface area (Å²) in [5, 5.41) is 5.64. The van der Waals surface area contributed by atoms with Crippen LogP contribution in [0.4, 0.5) is 0 Å². The maximum Gasteiger partial charge on any atom is 0.0915 e. The van der Waals surface area contributed by atoms with E-state index in [1.807, 2.05) is 6.20 Å². The molecule has 0 saturated heterocycles. The zero-order chi connectivity index (χ0) is 21.1. The maximum absolute atomic E-state index is 5.08. The Morgan fingerprint density at radius 3 is 1.91 bits per heavy atom. The largest absolute Gasteiger partial charge is 0.252 e. The van der Waals surface area contributed by atoms with E-state index < -0.39 is 12.9 Å². The molecular weight excluding hydrogens is 405 g/mol. The van der Waals surface area contributed by atoms with Crippen LogP contribution in [-0.4, -0.2) is 4.98 Å². The Labute approximate surface area is 188 Å². The van der Waals surface area contributed by atoms with E-state index in [1.165, 1.54) is 48.7 Å². The summed E-state index contributed by atoms with van der Waals surface area (Å²) in [5.74, 6) is 0. The minimum absolute atomic E-state index is 0.391. The lowest BCUT2D eigenvalue weighted by atomic mass is 9.65. The molecule has 150 valence electrons. The highest BCUT2D eigenvalue weighted by molar-refractivity contribution is 7.68. The van der Waals surface area contributed by atoms with Crippen LogP contribution in [0.25, 0.3) is 26.4 Å². The van der Waals surface area contributed by atoms with E-state index in [9.17, 15) is 0 Å². The molecule has 0 aliphatic carbocycles. The van der Waals surface area contributed by atoms with Gasteiger partial charge in [0.25, 0.3) is 0 Å². The summed E-state index contributed by atoms with van der Waals surface area (Å²) in [6.45, 7) is 0. The minimum atomic E-state index is -0.675. The van der Waals surface area contributed by atoms with Crippen LogP contribution in [0.3, 0.4) is 0 Å². The van der Waals surface area contributed by atoms with Gasteiger partial charge in [-0.15, -0.1) is 0 Å². The van der Waals surface area contributed by atoms with E-state index in [2.05, 4.69) is 115 Å². The maximum atomic E-state index is 5.08. The van der Waals surface area contributed by atoms with Crippen LogP contribution in [0.5, 0.6) is 0 Å². The first-order chi connectivity index (χ1) is 15.9. The highest BCUT2D eigenvalue weighted by atomic mass is 31.1. The second kappa shape index (κ2) is 6.66. The van der Waals surface area contributed by atoms with Gasteiger partial charge in [-0.3, -0.25) is 4.98 Å². The summed E-state index contributed by atoms with van der Waals surface area (Å²) in [5.41, 5.74) is 6.14. The molecule has 32 heavy (non-hydrogen) atoms. The predicted octanol–water partition coefficient (Wildman–Crippen LogP) is 8.06. The topological polar surface area (TPSA) is 12.9 Å². The number of hydrogen-bond acceptors (Lipinski definition) is 1. The van der Waals surface area contributed by atoms with Crippen LogP contribution in [0.15, 0.2) is 121 Å². The van der Waals surface area contributed by atoms with Crippen molar-refractivity contribution in [2.24, 2.45) is 0 Å². The number of rotatable bonds is 2. The van der Waals surface area contributed by atoms with Gasteiger partial charge in [-0.25, -0.2) is 0 Å². The van der Waals surface area contributed by atoms with E-state index in [0.29, 0.717) is 0 Å². The SMILES string of the molecule is c1ccc(C2(c3ccccc3)c3cccnc3-p3c4ccccc4c4cccc2c43)cc1. The fraction of sp³-hybridized carbons (Fsp3) is 0.0333. The van der Waals surface area contributed by atoms with Crippen molar-refractivity contribution in [3.8, 4) is 5.44 Å². The first-order valence-electron chi connectivity index (χ1n) is 11.0. The Hall–Kier alpha value is -3.67. The summed E-state index contributed by atoms with van der Waals surface area (Å²) >= 11 is 0. The lowest BCUT2D eigenvalue weighted by molar-refractivity contribution is 0.752. The van der Waals surface area contributed by atoms with Gasteiger partial charge < -0.3 is 0 Å². The van der Waals surface area contributed by atoms with Crippen LogP contribution >= 0.6 is 7.53 Å². The van der Waals surface area contributed by atoms with Gasteiger partial charge in [-0.05, 0) is 39.6 Å². The van der Waals surface area contributed by atoms with Gasteiger partial charge in [0.15, 0.2) is 0 Å². The lowest BCUT2D eigenvalue weighted by Crippen LogP contribution is -2.33. The van der Waals surface area contributed by atoms with E-state index in [4.69, 9.17) is 4.98 Å². The minimum Gasteiger partial charge on any atom is -0.252 e. The summed E-state index contributed by atoms with van der Waals surface area (Å²) in [6, 6.07) is 42.2. The summed E-state index contributed by atoms with van der Waals surface area (Å²) < 4.78 is 0. The molecule has 1 unspecified atom stereocenters. The second-order valence-electron chi connectivity index (χ2n) is 8.41. The van der Waals surface area contributed by atoms with Crippen molar-refractivity contribution in [2.75, 3.05) is 0 Å². The number of aromatic nitrogens is 1. The molecule has 0 saturated carbocycles. The average molecular weight is 425 g/mol. The zero-order valence-corrected chi connectivity index (χ0v) is 18.3. The molecule has 0 N–H and O–H groups in total. The third-order valence-corrected chi connectivity index (χ3v) is 9.50. The van der Waals surface area contributed by atoms with Crippen molar-refractivity contribution < 1.29 is 0 Å². The fourth-order valence-electron chi connectivity index (χ4n) is 5.72. The van der Waals surface area contributed by atoms with Crippen LogP contribution in [-0.2, 0) is 5.41 Å². The van der Waals surface area contributed by atoms with E-state index in [0.717, 1.165) is 0 Å². The molecule has 2 aromatic heterocycles. The van der Waals surface area contributed by atoms with Crippen LogP contribution in [0, 0.1) is 0 Å². The highest BCUT2D eigenvalue weighted by Gasteiger charge is 2.45. The van der Waals surface area contributed by atoms with Gasteiger partial charge in [0, 0.05) is 22.0 Å². The summed E-state index contributed by atoms with van der Waals surface area (Å²) in [6.07, 6.45) is 1.97. The van der Waals surface area contributed by atoms with Gasteiger partial charge in [0.1, 0.15) is 0 Å². The molecule has 0 radical (unpaired) electrons. The van der Waals surface area contributed by atoms with E-state index in [-0.39, 0.29) is 0 Å². The van der Waals surface area contributed by atoms with Crippen LogP contribution in [0.2, 0.25) is 0 Å². The fourth-order valence-corrected chi connectivity index (χ4v) is 8.66. The first-order valence-corrected chi connectivity index (χ1v) is 12.3. The van der Waals surface area contributed by atoms with E-state index in [1.54, 1.807) is 0 Å². The number of hydrogen-bond donors (Lipinski definition) is 0. The second-order valence-corrected chi connectivity index (χ2v) is 10.4. The van der Waals surface area contributed by atoms with Crippen LogP contribution < -0.4 is 0 Å². The molecule has 1 atom stereocenters. The van der Waals surface area contributed by atoms with Gasteiger partial charge >= 0.3 is 0 Å². The molecule has 0 bridgehead atoms. The zero-order valence-electron chi connectivity index (χ0n) is 17.4. The molecule has 1 aliphatic rings. The van der Waals surface area contributed by atoms with Crippen molar-refractivity contribution >= 4 is 28.5 Å². The average Bonchev–Trinajstić information content (AvgIpc) is 3.22. The lowest BCUT2D eigenvalue weighted by Gasteiger charge is -2.40. The smallest absolute Gasteiger partial charge is 0.0915 e. The Kier molecular flexibility index (Phi) is 3.74. The Morgan fingerprint density at radius 2 is 1.16 bits per heavy atom. The molecule has 7 rings (SSSR count). The first kappa shape index (κ1) is 18.0. The van der Waals surface area contributed by atoms with E-state index >= 15 is 0 Å². The molecule has 0 fully saturated rings. The van der Waals surface area contributed by atoms with Gasteiger partial charge in [0.2, 0.25) is 0 Å². The Morgan fingerprint density at radius 1 is 0.531 bits per heavy atom. The van der Waals surface area contributed by atoms with Crippen molar-refractivity contribution in [1.82, 2.24) is 4.98 Å². The summed E-state index contributed by atoms with van der Waals surface area (Å²) in [4.78, 5) is 5.08. The highest BCUT2D eigenvalue weighted by Crippen LogP contribution is 2.65. The van der Waals surface area contributed by atoms with Crippen molar-refractivity contribution in [3.05, 3.63) is 144 Å². The van der Waals surface area contributed by atoms with Gasteiger partial charge in [-0.2, -0.15) is 0 Å². The molecule has 1 nitrogen and oxygen atoms in total. The molecule has 0 spiro atoms. The molecule has 2 heteroatoms. The molecule has 6 aromatic rings. The van der Waals surface area contributed by atoms with Gasteiger partial charge in [-0.1, -0.05) is 111 Å². The number of nitrogens with zero attached hydrogens (tertiary/aromatic N) is 1. The molecule has 3 heterocycles. The molecular formula is C30H20NP. The molecule has 0 amide bonds. The normalized spacial score (nSPS) is 14.4. The number of pyridine rings is 1. The van der Waals surface area contributed by atoms with Gasteiger partial charge in [0.05, 0.1) is 10.9 Å². The molecule has 4 aromatic carbocycles. The Balaban J connectivity index is 1.79. The van der Waals surface area contributed by atoms with Crippen LogP contribution in [0.1, 0.15) is 22.3 Å². The monoisotopic (exact) mass is 425 g/mol. The standard InChI is InChI=1S/C30H20NP/c1-3-11-21(12-4-1)30(22-13-5-2-6-14-22)25-17-9-16-24-23-15-7-8-19-27(23)32(28(24)25)29-26(30)18-10-20-31-29/h1-20H. The third kappa shape index (κ3) is 2.17. The Bertz CT molecular complexity index is 1570. The third-order valence-electron chi connectivity index (χ3n) is 6.91.